The monoisotopic (exact) mass is 281 g/mol. The van der Waals surface area contributed by atoms with E-state index in [9.17, 15) is 0 Å². The standard InChI is InChI=1S/C16H24ClNO/c1-2-10-18-13-16(8-3-4-9-16)19-12-14-6-5-7-15(17)11-14/h5-7,11,18H,2-4,8-10,12-13H2,1H3. The molecule has 2 rings (SSSR count). The van der Waals surface area contributed by atoms with E-state index in [1.165, 1.54) is 32.1 Å². The summed E-state index contributed by atoms with van der Waals surface area (Å²) in [4.78, 5) is 0. The van der Waals surface area contributed by atoms with Crippen molar-refractivity contribution < 1.29 is 4.74 Å². The van der Waals surface area contributed by atoms with Crippen LogP contribution in [-0.2, 0) is 11.3 Å². The van der Waals surface area contributed by atoms with E-state index in [-0.39, 0.29) is 5.60 Å². The number of hydrogen-bond donors (Lipinski definition) is 1. The van der Waals surface area contributed by atoms with Gasteiger partial charge in [0, 0.05) is 11.6 Å². The zero-order chi connectivity index (χ0) is 13.6. The van der Waals surface area contributed by atoms with E-state index in [0.29, 0.717) is 6.61 Å². The molecule has 0 saturated heterocycles. The molecule has 0 amide bonds. The van der Waals surface area contributed by atoms with E-state index >= 15 is 0 Å². The quantitative estimate of drug-likeness (QED) is 0.758. The molecule has 1 aromatic rings. The maximum absolute atomic E-state index is 6.26. The molecule has 106 valence electrons. The van der Waals surface area contributed by atoms with E-state index in [2.05, 4.69) is 18.3 Å². The highest BCUT2D eigenvalue weighted by atomic mass is 35.5. The maximum atomic E-state index is 6.26. The summed E-state index contributed by atoms with van der Waals surface area (Å²) in [5.74, 6) is 0. The highest BCUT2D eigenvalue weighted by Crippen LogP contribution is 2.33. The summed E-state index contributed by atoms with van der Waals surface area (Å²) in [6, 6.07) is 7.95. The van der Waals surface area contributed by atoms with E-state index in [4.69, 9.17) is 16.3 Å². The van der Waals surface area contributed by atoms with Gasteiger partial charge in [0.15, 0.2) is 0 Å². The van der Waals surface area contributed by atoms with Gasteiger partial charge < -0.3 is 10.1 Å². The predicted octanol–water partition coefficient (Wildman–Crippen LogP) is 4.17. The van der Waals surface area contributed by atoms with Crippen LogP contribution in [0.3, 0.4) is 0 Å². The molecule has 1 aromatic carbocycles. The van der Waals surface area contributed by atoms with Crippen molar-refractivity contribution in [1.82, 2.24) is 5.32 Å². The Hall–Kier alpha value is -0.570. The van der Waals surface area contributed by atoms with Crippen LogP contribution in [-0.4, -0.2) is 18.7 Å². The minimum Gasteiger partial charge on any atom is -0.369 e. The summed E-state index contributed by atoms with van der Waals surface area (Å²) in [7, 11) is 0. The second-order valence-electron chi connectivity index (χ2n) is 5.49. The number of halogens is 1. The molecule has 1 N–H and O–H groups in total. The van der Waals surface area contributed by atoms with Gasteiger partial charge in [0.05, 0.1) is 12.2 Å². The number of hydrogen-bond acceptors (Lipinski definition) is 2. The molecule has 0 bridgehead atoms. The van der Waals surface area contributed by atoms with Gasteiger partial charge in [0.1, 0.15) is 0 Å². The third-order valence-electron chi connectivity index (χ3n) is 3.82. The first-order valence-corrected chi connectivity index (χ1v) is 7.71. The Bertz CT molecular complexity index is 388. The molecule has 1 aliphatic rings. The summed E-state index contributed by atoms with van der Waals surface area (Å²) < 4.78 is 6.26. The third-order valence-corrected chi connectivity index (χ3v) is 4.06. The van der Waals surface area contributed by atoms with Crippen molar-refractivity contribution in [2.45, 2.75) is 51.2 Å². The van der Waals surface area contributed by atoms with Crippen LogP contribution in [0.1, 0.15) is 44.6 Å². The van der Waals surface area contributed by atoms with E-state index in [1.54, 1.807) is 0 Å². The molecule has 0 atom stereocenters. The highest BCUT2D eigenvalue weighted by molar-refractivity contribution is 6.30. The maximum Gasteiger partial charge on any atom is 0.0810 e. The zero-order valence-electron chi connectivity index (χ0n) is 11.8. The number of ether oxygens (including phenoxy) is 1. The lowest BCUT2D eigenvalue weighted by Gasteiger charge is -2.30. The lowest BCUT2D eigenvalue weighted by Crippen LogP contribution is -2.41. The molecule has 2 nitrogen and oxygen atoms in total. The Kier molecular flexibility index (Phi) is 5.68. The third kappa shape index (κ3) is 4.48. The van der Waals surface area contributed by atoms with E-state index in [0.717, 1.165) is 23.7 Å². The molecule has 0 spiro atoms. The Morgan fingerprint density at radius 1 is 1.32 bits per heavy atom. The van der Waals surface area contributed by atoms with Crippen molar-refractivity contribution in [2.24, 2.45) is 0 Å². The highest BCUT2D eigenvalue weighted by Gasteiger charge is 2.34. The molecular weight excluding hydrogens is 258 g/mol. The normalized spacial score (nSPS) is 17.8. The van der Waals surface area contributed by atoms with Gasteiger partial charge in [-0.05, 0) is 43.5 Å². The first-order chi connectivity index (χ1) is 9.24. The zero-order valence-corrected chi connectivity index (χ0v) is 12.5. The van der Waals surface area contributed by atoms with Crippen LogP contribution < -0.4 is 5.32 Å². The summed E-state index contributed by atoms with van der Waals surface area (Å²) in [5, 5.41) is 4.30. The Morgan fingerprint density at radius 2 is 2.11 bits per heavy atom. The Balaban J connectivity index is 1.89. The van der Waals surface area contributed by atoms with Crippen LogP contribution >= 0.6 is 11.6 Å². The fourth-order valence-corrected chi connectivity index (χ4v) is 2.96. The van der Waals surface area contributed by atoms with Crippen molar-refractivity contribution >= 4 is 11.6 Å². The molecule has 0 radical (unpaired) electrons. The lowest BCUT2D eigenvalue weighted by molar-refractivity contribution is -0.0502. The van der Waals surface area contributed by atoms with Crippen molar-refractivity contribution in [1.29, 1.82) is 0 Å². The summed E-state index contributed by atoms with van der Waals surface area (Å²) in [6.45, 7) is 4.90. The molecule has 0 aromatic heterocycles. The lowest BCUT2D eigenvalue weighted by atomic mass is 10.0. The first kappa shape index (κ1) is 14.8. The molecular formula is C16H24ClNO. The van der Waals surface area contributed by atoms with Gasteiger partial charge >= 0.3 is 0 Å². The minimum atomic E-state index is 0.0392. The topological polar surface area (TPSA) is 21.3 Å². The summed E-state index contributed by atoms with van der Waals surface area (Å²) in [5.41, 5.74) is 1.20. The minimum absolute atomic E-state index is 0.0392. The van der Waals surface area contributed by atoms with Crippen molar-refractivity contribution in [2.75, 3.05) is 13.1 Å². The number of benzene rings is 1. The summed E-state index contributed by atoms with van der Waals surface area (Å²) in [6.07, 6.45) is 6.08. The SMILES string of the molecule is CCCNCC1(OCc2cccc(Cl)c2)CCCC1. The van der Waals surface area contributed by atoms with Gasteiger partial charge in [-0.1, -0.05) is 43.5 Å². The predicted molar refractivity (Wildman–Crippen MR) is 80.6 cm³/mol. The van der Waals surface area contributed by atoms with Crippen molar-refractivity contribution in [3.8, 4) is 0 Å². The van der Waals surface area contributed by atoms with Crippen LogP contribution in [0.5, 0.6) is 0 Å². The van der Waals surface area contributed by atoms with Gasteiger partial charge in [0.2, 0.25) is 0 Å². The largest absolute Gasteiger partial charge is 0.369 e. The van der Waals surface area contributed by atoms with Crippen LogP contribution in [0, 0.1) is 0 Å². The van der Waals surface area contributed by atoms with Gasteiger partial charge in [-0.2, -0.15) is 0 Å². The second kappa shape index (κ2) is 7.28. The molecule has 1 aliphatic carbocycles. The Morgan fingerprint density at radius 3 is 2.79 bits per heavy atom. The van der Waals surface area contributed by atoms with Gasteiger partial charge in [-0.25, -0.2) is 0 Å². The molecule has 3 heteroatoms. The van der Waals surface area contributed by atoms with Crippen LogP contribution in [0.15, 0.2) is 24.3 Å². The molecule has 0 heterocycles. The number of nitrogens with one attached hydrogen (secondary N) is 1. The smallest absolute Gasteiger partial charge is 0.0810 e. The molecule has 0 unspecified atom stereocenters. The van der Waals surface area contributed by atoms with Gasteiger partial charge in [-0.3, -0.25) is 0 Å². The van der Waals surface area contributed by atoms with E-state index in [1.807, 2.05) is 18.2 Å². The molecule has 1 saturated carbocycles. The fraction of sp³-hybridized carbons (Fsp3) is 0.625. The van der Waals surface area contributed by atoms with Crippen molar-refractivity contribution in [3.63, 3.8) is 0 Å². The second-order valence-corrected chi connectivity index (χ2v) is 5.92. The Labute approximate surface area is 121 Å². The number of rotatable bonds is 7. The molecule has 0 aliphatic heterocycles. The molecule has 1 fully saturated rings. The average molecular weight is 282 g/mol. The van der Waals surface area contributed by atoms with Gasteiger partial charge in [0.25, 0.3) is 0 Å². The first-order valence-electron chi connectivity index (χ1n) is 7.33. The van der Waals surface area contributed by atoms with E-state index < -0.39 is 0 Å². The fourth-order valence-electron chi connectivity index (χ4n) is 2.75. The van der Waals surface area contributed by atoms with Crippen LogP contribution in [0.2, 0.25) is 5.02 Å². The molecule has 19 heavy (non-hydrogen) atoms. The van der Waals surface area contributed by atoms with Crippen LogP contribution in [0.25, 0.3) is 0 Å². The summed E-state index contributed by atoms with van der Waals surface area (Å²) >= 11 is 6.01. The van der Waals surface area contributed by atoms with Crippen molar-refractivity contribution in [3.05, 3.63) is 34.9 Å². The van der Waals surface area contributed by atoms with Gasteiger partial charge in [-0.15, -0.1) is 0 Å². The average Bonchev–Trinajstić information content (AvgIpc) is 2.86. The van der Waals surface area contributed by atoms with Crippen LogP contribution in [0.4, 0.5) is 0 Å².